The van der Waals surface area contributed by atoms with Gasteiger partial charge in [0.05, 0.1) is 5.56 Å². The van der Waals surface area contributed by atoms with Crippen molar-refractivity contribution in [3.05, 3.63) is 71.5 Å². The van der Waals surface area contributed by atoms with E-state index in [4.69, 9.17) is 0 Å². The van der Waals surface area contributed by atoms with E-state index >= 15 is 0 Å². The molecule has 0 aliphatic rings. The van der Waals surface area contributed by atoms with Gasteiger partial charge in [-0.1, -0.05) is 30.3 Å². The third-order valence-electron chi connectivity index (χ3n) is 3.48. The second-order valence-corrected chi connectivity index (χ2v) is 5.23. The molecule has 0 unspecified atom stereocenters. The summed E-state index contributed by atoms with van der Waals surface area (Å²) in [5, 5.41) is 14.0. The second-order valence-electron chi connectivity index (χ2n) is 5.23. The third-order valence-corrected chi connectivity index (χ3v) is 3.48. The smallest absolute Gasteiger partial charge is 0.338 e. The normalized spacial score (nSPS) is 10.5. The number of aromatic nitrogens is 1. The number of amides is 1. The van der Waals surface area contributed by atoms with Gasteiger partial charge in [0.25, 0.3) is 5.91 Å². The zero-order valence-corrected chi connectivity index (χ0v) is 12.4. The number of carbonyl (C=O) groups excluding carboxylic acids is 1. The Labute approximate surface area is 132 Å². The highest BCUT2D eigenvalue weighted by Crippen LogP contribution is 2.20. The summed E-state index contributed by atoms with van der Waals surface area (Å²) in [5.74, 6) is -1.72. The number of hydrogen-bond acceptors (Lipinski definition) is 3. The number of carboxylic acid groups (broad SMARTS) is 1. The van der Waals surface area contributed by atoms with E-state index in [0.29, 0.717) is 11.3 Å². The molecule has 0 atom stereocenters. The zero-order valence-electron chi connectivity index (χ0n) is 12.4. The van der Waals surface area contributed by atoms with Crippen LogP contribution in [0.5, 0.6) is 0 Å². The number of rotatable bonds is 3. The fourth-order valence-electron chi connectivity index (χ4n) is 2.37. The van der Waals surface area contributed by atoms with Gasteiger partial charge in [-0.25, -0.2) is 9.78 Å². The summed E-state index contributed by atoms with van der Waals surface area (Å²) in [7, 11) is 0. The Morgan fingerprint density at radius 1 is 1.04 bits per heavy atom. The largest absolute Gasteiger partial charge is 0.478 e. The van der Waals surface area contributed by atoms with Crippen LogP contribution in [0.2, 0.25) is 0 Å². The van der Waals surface area contributed by atoms with Gasteiger partial charge in [0.15, 0.2) is 0 Å². The quantitative estimate of drug-likeness (QED) is 0.776. The lowest BCUT2D eigenvalue weighted by Crippen LogP contribution is -2.18. The van der Waals surface area contributed by atoms with Gasteiger partial charge in [-0.2, -0.15) is 0 Å². The van der Waals surface area contributed by atoms with Crippen LogP contribution in [0.25, 0.3) is 10.8 Å². The van der Waals surface area contributed by atoms with Crippen LogP contribution in [0.4, 0.5) is 5.69 Å². The maximum absolute atomic E-state index is 12.3. The van der Waals surface area contributed by atoms with Crippen molar-refractivity contribution in [1.82, 2.24) is 4.98 Å². The van der Waals surface area contributed by atoms with Crippen LogP contribution in [-0.2, 0) is 0 Å². The second kappa shape index (κ2) is 5.88. The third kappa shape index (κ3) is 3.03. The van der Waals surface area contributed by atoms with Crippen molar-refractivity contribution in [2.45, 2.75) is 6.92 Å². The number of aromatic carboxylic acids is 1. The highest BCUT2D eigenvalue weighted by atomic mass is 16.4. The summed E-state index contributed by atoms with van der Waals surface area (Å²) >= 11 is 0. The topological polar surface area (TPSA) is 79.3 Å². The van der Waals surface area contributed by atoms with E-state index in [1.165, 1.54) is 12.3 Å². The van der Waals surface area contributed by atoms with E-state index in [-0.39, 0.29) is 11.3 Å². The van der Waals surface area contributed by atoms with Gasteiger partial charge >= 0.3 is 5.97 Å². The molecule has 2 aromatic carbocycles. The number of aryl methyl sites for hydroxylation is 1. The number of fused-ring (bicyclic) bond motifs is 1. The van der Waals surface area contributed by atoms with Crippen LogP contribution in [0.3, 0.4) is 0 Å². The summed E-state index contributed by atoms with van der Waals surface area (Å²) < 4.78 is 0. The van der Waals surface area contributed by atoms with E-state index in [9.17, 15) is 14.7 Å². The van der Waals surface area contributed by atoms with Crippen molar-refractivity contribution in [2.24, 2.45) is 0 Å². The Morgan fingerprint density at radius 3 is 2.52 bits per heavy atom. The number of pyridine rings is 1. The number of nitrogens with zero attached hydrogens (tertiary/aromatic N) is 1. The summed E-state index contributed by atoms with van der Waals surface area (Å²) in [5.41, 5.74) is 1.07. The van der Waals surface area contributed by atoms with Gasteiger partial charge in [0.2, 0.25) is 0 Å². The van der Waals surface area contributed by atoms with Gasteiger partial charge < -0.3 is 10.4 Å². The van der Waals surface area contributed by atoms with Crippen molar-refractivity contribution >= 4 is 28.3 Å². The number of nitrogens with one attached hydrogen (secondary N) is 1. The van der Waals surface area contributed by atoms with Crippen molar-refractivity contribution in [1.29, 1.82) is 0 Å². The zero-order chi connectivity index (χ0) is 16.4. The predicted octanol–water partition coefficient (Wildman–Crippen LogP) is 3.49. The molecule has 3 aromatic rings. The lowest BCUT2D eigenvalue weighted by molar-refractivity contribution is 0.0691. The maximum atomic E-state index is 12.3. The molecule has 1 amide bonds. The summed E-state index contributed by atoms with van der Waals surface area (Å²) in [6.07, 6.45) is 1.47. The molecule has 23 heavy (non-hydrogen) atoms. The van der Waals surface area contributed by atoms with Crippen LogP contribution >= 0.6 is 0 Å². The van der Waals surface area contributed by atoms with Crippen molar-refractivity contribution in [3.63, 3.8) is 0 Å². The Balaban J connectivity index is 1.93. The standard InChI is InChI=1S/C18H14N2O3/c1-11-8-15(18(22)23)16(19-10-11)17(21)20-14-7-6-12-4-2-3-5-13(12)9-14/h2-10H,1H3,(H,20,21)(H,22,23). The Hall–Kier alpha value is -3.21. The average molecular weight is 306 g/mol. The molecule has 1 heterocycles. The van der Waals surface area contributed by atoms with Gasteiger partial charge in [-0.15, -0.1) is 0 Å². The number of hydrogen-bond donors (Lipinski definition) is 2. The Bertz CT molecular complexity index is 919. The first-order valence-corrected chi connectivity index (χ1v) is 7.05. The Kier molecular flexibility index (Phi) is 3.76. The summed E-state index contributed by atoms with van der Waals surface area (Å²) in [6, 6.07) is 14.7. The van der Waals surface area contributed by atoms with Crippen LogP contribution in [0.1, 0.15) is 26.4 Å². The molecule has 0 saturated heterocycles. The van der Waals surface area contributed by atoms with Gasteiger partial charge in [-0.3, -0.25) is 4.79 Å². The van der Waals surface area contributed by atoms with Crippen LogP contribution < -0.4 is 5.32 Å². The highest BCUT2D eigenvalue weighted by molar-refractivity contribution is 6.09. The minimum Gasteiger partial charge on any atom is -0.478 e. The average Bonchev–Trinajstić information content (AvgIpc) is 2.54. The number of anilines is 1. The van der Waals surface area contributed by atoms with Crippen LogP contribution in [0.15, 0.2) is 54.7 Å². The predicted molar refractivity (Wildman–Crippen MR) is 87.8 cm³/mol. The van der Waals surface area contributed by atoms with E-state index in [1.54, 1.807) is 13.0 Å². The first kappa shape index (κ1) is 14.7. The van der Waals surface area contributed by atoms with E-state index in [2.05, 4.69) is 10.3 Å². The molecule has 1 aromatic heterocycles. The minimum atomic E-state index is -1.18. The molecule has 5 heteroatoms. The molecule has 0 fully saturated rings. The fraction of sp³-hybridized carbons (Fsp3) is 0.0556. The molecule has 0 saturated carbocycles. The summed E-state index contributed by atoms with van der Waals surface area (Å²) in [4.78, 5) is 27.6. The van der Waals surface area contributed by atoms with Crippen molar-refractivity contribution < 1.29 is 14.7 Å². The van der Waals surface area contributed by atoms with E-state index < -0.39 is 11.9 Å². The van der Waals surface area contributed by atoms with Crippen molar-refractivity contribution in [2.75, 3.05) is 5.32 Å². The Morgan fingerprint density at radius 2 is 1.78 bits per heavy atom. The molecular formula is C18H14N2O3. The van der Waals surface area contributed by atoms with Crippen LogP contribution in [-0.4, -0.2) is 22.0 Å². The lowest BCUT2D eigenvalue weighted by Gasteiger charge is -2.08. The summed E-state index contributed by atoms with van der Waals surface area (Å²) in [6.45, 7) is 1.73. The molecule has 5 nitrogen and oxygen atoms in total. The fourth-order valence-corrected chi connectivity index (χ4v) is 2.37. The number of benzene rings is 2. The van der Waals surface area contributed by atoms with Crippen LogP contribution in [0, 0.1) is 6.92 Å². The van der Waals surface area contributed by atoms with Crippen molar-refractivity contribution in [3.8, 4) is 0 Å². The molecule has 114 valence electrons. The molecule has 2 N–H and O–H groups in total. The highest BCUT2D eigenvalue weighted by Gasteiger charge is 2.18. The molecular weight excluding hydrogens is 292 g/mol. The molecule has 0 aliphatic carbocycles. The maximum Gasteiger partial charge on any atom is 0.338 e. The molecule has 0 radical (unpaired) electrons. The van der Waals surface area contributed by atoms with Gasteiger partial charge in [0, 0.05) is 11.9 Å². The van der Waals surface area contributed by atoms with E-state index in [1.807, 2.05) is 36.4 Å². The van der Waals surface area contributed by atoms with Gasteiger partial charge in [-0.05, 0) is 41.5 Å². The van der Waals surface area contributed by atoms with E-state index in [0.717, 1.165) is 10.8 Å². The molecule has 0 aliphatic heterocycles. The number of carbonyl (C=O) groups is 2. The lowest BCUT2D eigenvalue weighted by atomic mass is 10.1. The first-order valence-electron chi connectivity index (χ1n) is 7.05. The molecule has 0 bridgehead atoms. The number of carboxylic acids is 1. The molecule has 3 rings (SSSR count). The SMILES string of the molecule is Cc1cnc(C(=O)Nc2ccc3ccccc3c2)c(C(=O)O)c1. The first-order chi connectivity index (χ1) is 11.0. The molecule has 0 spiro atoms. The minimum absolute atomic E-state index is 0.101. The monoisotopic (exact) mass is 306 g/mol. The van der Waals surface area contributed by atoms with Gasteiger partial charge in [0.1, 0.15) is 5.69 Å².